The summed E-state index contributed by atoms with van der Waals surface area (Å²) >= 11 is 3.28. The molecule has 3 rings (SSSR count). The maximum absolute atomic E-state index is 4.55. The van der Waals surface area contributed by atoms with Gasteiger partial charge in [0.25, 0.3) is 0 Å². The van der Waals surface area contributed by atoms with E-state index in [1.54, 1.807) is 35.1 Å². The van der Waals surface area contributed by atoms with Crippen LogP contribution in [0.5, 0.6) is 0 Å². The van der Waals surface area contributed by atoms with Crippen molar-refractivity contribution in [3.8, 4) is 10.6 Å². The Kier molecular flexibility index (Phi) is 3.98. The Balaban J connectivity index is 1.70. The van der Waals surface area contributed by atoms with Gasteiger partial charge in [0.15, 0.2) is 0 Å². The van der Waals surface area contributed by atoms with Gasteiger partial charge in [0.2, 0.25) is 0 Å². The molecule has 0 radical (unpaired) electrons. The van der Waals surface area contributed by atoms with E-state index in [1.807, 2.05) is 17.5 Å². The van der Waals surface area contributed by atoms with Gasteiger partial charge >= 0.3 is 0 Å². The van der Waals surface area contributed by atoms with Gasteiger partial charge in [-0.2, -0.15) is 0 Å². The van der Waals surface area contributed by atoms with Crippen LogP contribution in [0.3, 0.4) is 0 Å². The molecule has 0 unspecified atom stereocenters. The Morgan fingerprint density at radius 2 is 2.10 bits per heavy atom. The maximum Gasteiger partial charge on any atom is 0.145 e. The predicted molar refractivity (Wildman–Crippen MR) is 82.0 cm³/mol. The lowest BCUT2D eigenvalue weighted by Gasteiger charge is -2.03. The summed E-state index contributed by atoms with van der Waals surface area (Å²) in [5.74, 6) is 0.754. The van der Waals surface area contributed by atoms with Crippen LogP contribution in [-0.4, -0.2) is 20.2 Å². The monoisotopic (exact) mass is 303 g/mol. The molecule has 0 aromatic carbocycles. The van der Waals surface area contributed by atoms with Crippen LogP contribution >= 0.6 is 22.7 Å². The smallest absolute Gasteiger partial charge is 0.145 e. The summed E-state index contributed by atoms with van der Waals surface area (Å²) in [6, 6.07) is 4.05. The molecule has 5 nitrogen and oxygen atoms in total. The summed E-state index contributed by atoms with van der Waals surface area (Å²) in [7, 11) is 0. The largest absolute Gasteiger partial charge is 0.362 e. The number of nitrogens with zero attached hydrogens (tertiary/aromatic N) is 4. The number of nitrogens with one attached hydrogen (secondary N) is 1. The molecule has 1 N–H and O–H groups in total. The fourth-order valence-electron chi connectivity index (χ4n) is 1.66. The second kappa shape index (κ2) is 6.06. The van der Waals surface area contributed by atoms with Gasteiger partial charge in [-0.1, -0.05) is 24.3 Å². The van der Waals surface area contributed by atoms with E-state index >= 15 is 0 Å². The molecule has 0 saturated carbocycles. The average Bonchev–Trinajstić information content (AvgIpc) is 3.17. The third-order valence-electron chi connectivity index (χ3n) is 2.64. The van der Waals surface area contributed by atoms with Crippen LogP contribution in [0, 0.1) is 0 Å². The first kappa shape index (κ1) is 13.1. The van der Waals surface area contributed by atoms with Crippen LogP contribution in [0.1, 0.15) is 16.9 Å². The first-order valence-electron chi connectivity index (χ1n) is 6.26. The van der Waals surface area contributed by atoms with Crippen molar-refractivity contribution < 1.29 is 0 Å². The molecule has 0 aliphatic rings. The first-order valence-corrected chi connectivity index (χ1v) is 7.96. The molecule has 0 fully saturated rings. The van der Waals surface area contributed by atoms with Gasteiger partial charge in [0.05, 0.1) is 23.8 Å². The fraction of sp³-hybridized carbons (Fsp3) is 0.231. The molecule has 102 valence electrons. The van der Waals surface area contributed by atoms with E-state index in [-0.39, 0.29) is 0 Å². The zero-order chi connectivity index (χ0) is 13.8. The van der Waals surface area contributed by atoms with Gasteiger partial charge in [-0.15, -0.1) is 21.5 Å². The number of hydrogen-bond acceptors (Lipinski definition) is 7. The van der Waals surface area contributed by atoms with Crippen LogP contribution in [-0.2, 0) is 13.0 Å². The van der Waals surface area contributed by atoms with Crippen molar-refractivity contribution in [1.29, 1.82) is 0 Å². The molecule has 0 aliphatic heterocycles. The van der Waals surface area contributed by atoms with Crippen LogP contribution in [0.2, 0.25) is 0 Å². The van der Waals surface area contributed by atoms with E-state index in [9.17, 15) is 0 Å². The first-order chi connectivity index (χ1) is 9.85. The predicted octanol–water partition coefficient (Wildman–Crippen LogP) is 3.23. The number of aryl methyl sites for hydroxylation is 1. The van der Waals surface area contributed by atoms with Crippen molar-refractivity contribution in [2.24, 2.45) is 0 Å². The summed E-state index contributed by atoms with van der Waals surface area (Å²) < 4.78 is 0. The average molecular weight is 303 g/mol. The summed E-state index contributed by atoms with van der Waals surface area (Å²) in [6.45, 7) is 2.70. The highest BCUT2D eigenvalue weighted by molar-refractivity contribution is 7.13. The van der Waals surface area contributed by atoms with E-state index in [1.165, 1.54) is 0 Å². The fourth-order valence-corrected chi connectivity index (χ4v) is 3.07. The second-order valence-electron chi connectivity index (χ2n) is 4.06. The highest BCUT2D eigenvalue weighted by Crippen LogP contribution is 2.23. The number of rotatable bonds is 5. The van der Waals surface area contributed by atoms with Crippen LogP contribution in [0.4, 0.5) is 5.82 Å². The van der Waals surface area contributed by atoms with Crippen molar-refractivity contribution in [2.75, 3.05) is 5.32 Å². The van der Waals surface area contributed by atoms with Crippen LogP contribution in [0.25, 0.3) is 10.6 Å². The van der Waals surface area contributed by atoms with Gasteiger partial charge in [0.1, 0.15) is 21.5 Å². The van der Waals surface area contributed by atoms with Crippen molar-refractivity contribution >= 4 is 28.5 Å². The molecular weight excluding hydrogens is 290 g/mol. The molecule has 0 bridgehead atoms. The van der Waals surface area contributed by atoms with E-state index in [0.29, 0.717) is 6.54 Å². The maximum atomic E-state index is 4.55. The topological polar surface area (TPSA) is 63.6 Å². The lowest BCUT2D eigenvalue weighted by Crippen LogP contribution is -2.02. The number of hydrogen-bond donors (Lipinski definition) is 1. The molecule has 0 aliphatic carbocycles. The summed E-state index contributed by atoms with van der Waals surface area (Å²) in [5.41, 5.74) is 0.886. The molecule has 0 spiro atoms. The Hall–Kier alpha value is -1.86. The Labute approximate surface area is 124 Å². The highest BCUT2D eigenvalue weighted by Gasteiger charge is 2.05. The highest BCUT2D eigenvalue weighted by atomic mass is 32.1. The standard InChI is InChI=1S/C13H13N5S2/c1-2-12-17-18-13(20-12)8-15-11-7-14-6-9(16-11)10-4-3-5-19-10/h3-7H,2,8H2,1H3,(H,15,16). The van der Waals surface area contributed by atoms with Crippen LogP contribution in [0.15, 0.2) is 29.9 Å². The minimum Gasteiger partial charge on any atom is -0.362 e. The quantitative estimate of drug-likeness (QED) is 0.784. The molecule has 0 atom stereocenters. The second-order valence-corrected chi connectivity index (χ2v) is 6.16. The van der Waals surface area contributed by atoms with Crippen molar-refractivity contribution in [2.45, 2.75) is 19.9 Å². The lowest BCUT2D eigenvalue weighted by molar-refractivity contribution is 0.936. The van der Waals surface area contributed by atoms with Crippen molar-refractivity contribution in [3.05, 3.63) is 39.9 Å². The number of anilines is 1. The van der Waals surface area contributed by atoms with E-state index < -0.39 is 0 Å². The minimum atomic E-state index is 0.625. The molecule has 20 heavy (non-hydrogen) atoms. The molecular formula is C13H13N5S2. The molecule has 0 amide bonds. The summed E-state index contributed by atoms with van der Waals surface area (Å²) in [4.78, 5) is 9.89. The third-order valence-corrected chi connectivity index (χ3v) is 4.60. The third kappa shape index (κ3) is 3.00. The molecule has 0 saturated heterocycles. The zero-order valence-corrected chi connectivity index (χ0v) is 12.5. The Bertz CT molecular complexity index is 678. The van der Waals surface area contributed by atoms with Gasteiger partial charge in [-0.05, 0) is 17.9 Å². The van der Waals surface area contributed by atoms with Gasteiger partial charge in [0, 0.05) is 0 Å². The van der Waals surface area contributed by atoms with Gasteiger partial charge in [-0.25, -0.2) is 4.98 Å². The van der Waals surface area contributed by atoms with Gasteiger partial charge in [-0.3, -0.25) is 4.98 Å². The lowest BCUT2D eigenvalue weighted by atomic mass is 10.3. The number of thiophene rings is 1. The van der Waals surface area contributed by atoms with Gasteiger partial charge < -0.3 is 5.32 Å². The SMILES string of the molecule is CCc1nnc(CNc2cncc(-c3cccs3)n2)s1. The zero-order valence-electron chi connectivity index (χ0n) is 10.9. The summed E-state index contributed by atoms with van der Waals surface area (Å²) in [6.07, 6.45) is 4.42. The number of aromatic nitrogens is 4. The van der Waals surface area contributed by atoms with Crippen LogP contribution < -0.4 is 5.32 Å². The van der Waals surface area contributed by atoms with E-state index in [0.717, 1.165) is 32.8 Å². The molecule has 3 aromatic heterocycles. The Morgan fingerprint density at radius 1 is 1.20 bits per heavy atom. The van der Waals surface area contributed by atoms with Crippen molar-refractivity contribution in [1.82, 2.24) is 20.2 Å². The molecule has 3 heterocycles. The van der Waals surface area contributed by atoms with E-state index in [2.05, 4.69) is 32.4 Å². The van der Waals surface area contributed by atoms with Crippen molar-refractivity contribution in [3.63, 3.8) is 0 Å². The Morgan fingerprint density at radius 3 is 2.85 bits per heavy atom. The van der Waals surface area contributed by atoms with E-state index in [4.69, 9.17) is 0 Å². The molecule has 3 aromatic rings. The normalized spacial score (nSPS) is 10.7. The molecule has 7 heteroatoms. The summed E-state index contributed by atoms with van der Waals surface area (Å²) in [5, 5.41) is 15.5. The minimum absolute atomic E-state index is 0.625.